The number of carbonyl (C=O) groups is 2. The number of aliphatic carboxylic acids is 1. The number of nitrogens with zero attached hydrogens (tertiary/aromatic N) is 1. The maximum Gasteiger partial charge on any atom is 0.397 e. The smallest absolute Gasteiger partial charge is 0.397 e. The highest BCUT2D eigenvalue weighted by molar-refractivity contribution is 5.87. The van der Waals surface area contributed by atoms with E-state index in [-0.39, 0.29) is 13.0 Å². The van der Waals surface area contributed by atoms with Crippen LogP contribution in [0, 0.1) is 0 Å². The van der Waals surface area contributed by atoms with Crippen molar-refractivity contribution in [2.75, 3.05) is 6.54 Å². The van der Waals surface area contributed by atoms with Gasteiger partial charge in [-0.3, -0.25) is 4.79 Å². The Morgan fingerprint density at radius 1 is 1.44 bits per heavy atom. The van der Waals surface area contributed by atoms with E-state index in [1.807, 2.05) is 0 Å². The third-order valence-corrected chi connectivity index (χ3v) is 2.75. The number of halogens is 3. The number of rotatable bonds is 2. The monoisotopic (exact) mass is 239 g/mol. The molecule has 0 aliphatic carbocycles. The van der Waals surface area contributed by atoms with E-state index in [1.54, 1.807) is 0 Å². The minimum absolute atomic E-state index is 0.0672. The highest BCUT2D eigenvalue weighted by Gasteiger charge is 2.47. The first kappa shape index (κ1) is 12.8. The number of hydrogen-bond donors (Lipinski definition) is 1. The molecule has 0 aromatic carbocycles. The van der Waals surface area contributed by atoms with Gasteiger partial charge >= 0.3 is 12.1 Å². The Hall–Kier alpha value is -1.27. The molecule has 0 aromatic rings. The summed E-state index contributed by atoms with van der Waals surface area (Å²) in [7, 11) is 0. The number of amides is 1. The molecule has 1 heterocycles. The molecule has 1 fully saturated rings. The molecule has 0 spiro atoms. The fourth-order valence-electron chi connectivity index (χ4n) is 1.85. The number of likely N-dealkylation sites (tertiary alicyclic amines) is 1. The number of carboxylic acid groups (broad SMARTS) is 1. The van der Waals surface area contributed by atoms with E-state index in [0.29, 0.717) is 6.42 Å². The van der Waals surface area contributed by atoms with Crippen molar-refractivity contribution in [1.29, 1.82) is 0 Å². The van der Waals surface area contributed by atoms with Gasteiger partial charge < -0.3 is 10.0 Å². The van der Waals surface area contributed by atoms with E-state index in [2.05, 4.69) is 0 Å². The summed E-state index contributed by atoms with van der Waals surface area (Å²) in [4.78, 5) is 23.1. The molecule has 1 aliphatic rings. The van der Waals surface area contributed by atoms with Crippen molar-refractivity contribution in [3.63, 3.8) is 0 Å². The lowest BCUT2D eigenvalue weighted by atomic mass is 9.99. The van der Waals surface area contributed by atoms with Crippen molar-refractivity contribution >= 4 is 11.9 Å². The summed E-state index contributed by atoms with van der Waals surface area (Å²) in [6, 6.07) is 0. The van der Waals surface area contributed by atoms with Crippen LogP contribution in [0.1, 0.15) is 26.2 Å². The maximum atomic E-state index is 12.0. The Balaban J connectivity index is 2.80. The lowest BCUT2D eigenvalue weighted by molar-refractivity contribution is -0.170. The second-order valence-corrected chi connectivity index (χ2v) is 4.02. The zero-order valence-electron chi connectivity index (χ0n) is 8.67. The van der Waals surface area contributed by atoms with Gasteiger partial charge in [0.05, 0.1) is 0 Å². The standard InChI is InChI=1S/C9H12F3NO3/c1-8(7(15)16)3-2-4-13(8)6(14)5-9(10,11)12/h2-5H2,1H3,(H,15,16). The number of carbonyl (C=O) groups excluding carboxylic acids is 1. The molecule has 0 radical (unpaired) electrons. The molecule has 1 rings (SSSR count). The fraction of sp³-hybridized carbons (Fsp3) is 0.778. The van der Waals surface area contributed by atoms with Crippen LogP contribution in [-0.2, 0) is 9.59 Å². The molecule has 1 unspecified atom stereocenters. The SMILES string of the molecule is CC1(C(=O)O)CCCN1C(=O)CC(F)(F)F. The van der Waals surface area contributed by atoms with Crippen molar-refractivity contribution in [3.05, 3.63) is 0 Å². The van der Waals surface area contributed by atoms with Crippen molar-refractivity contribution < 1.29 is 27.9 Å². The zero-order valence-corrected chi connectivity index (χ0v) is 8.67. The van der Waals surface area contributed by atoms with Crippen LogP contribution in [0.3, 0.4) is 0 Å². The van der Waals surface area contributed by atoms with Crippen LogP contribution in [0.15, 0.2) is 0 Å². The van der Waals surface area contributed by atoms with Crippen LogP contribution in [0.4, 0.5) is 13.2 Å². The average Bonchev–Trinajstić information content (AvgIpc) is 2.45. The van der Waals surface area contributed by atoms with Crippen molar-refractivity contribution in [3.8, 4) is 0 Å². The van der Waals surface area contributed by atoms with Crippen molar-refractivity contribution in [2.24, 2.45) is 0 Å². The van der Waals surface area contributed by atoms with Crippen LogP contribution in [0.5, 0.6) is 0 Å². The lowest BCUT2D eigenvalue weighted by Crippen LogP contribution is -2.51. The van der Waals surface area contributed by atoms with Gasteiger partial charge in [0.2, 0.25) is 5.91 Å². The molecule has 1 N–H and O–H groups in total. The zero-order chi connectivity index (χ0) is 12.6. The predicted molar refractivity (Wildman–Crippen MR) is 47.7 cm³/mol. The predicted octanol–water partition coefficient (Wildman–Crippen LogP) is 1.40. The number of carboxylic acids is 1. The van der Waals surface area contributed by atoms with Crippen molar-refractivity contribution in [2.45, 2.75) is 37.9 Å². The summed E-state index contributed by atoms with van der Waals surface area (Å²) < 4.78 is 36.1. The molecular weight excluding hydrogens is 227 g/mol. The van der Waals surface area contributed by atoms with Crippen LogP contribution in [0.2, 0.25) is 0 Å². The first-order valence-corrected chi connectivity index (χ1v) is 4.77. The second-order valence-electron chi connectivity index (χ2n) is 4.02. The Kier molecular flexibility index (Phi) is 3.16. The Morgan fingerprint density at radius 2 is 2.00 bits per heavy atom. The van der Waals surface area contributed by atoms with Gasteiger partial charge in [-0.2, -0.15) is 13.2 Å². The summed E-state index contributed by atoms with van der Waals surface area (Å²) in [5, 5.41) is 8.91. The van der Waals surface area contributed by atoms with Gasteiger partial charge in [-0.25, -0.2) is 4.79 Å². The van der Waals surface area contributed by atoms with E-state index >= 15 is 0 Å². The minimum atomic E-state index is -4.60. The molecule has 0 bridgehead atoms. The molecule has 7 heteroatoms. The largest absolute Gasteiger partial charge is 0.480 e. The van der Waals surface area contributed by atoms with Crippen LogP contribution < -0.4 is 0 Å². The lowest BCUT2D eigenvalue weighted by Gasteiger charge is -2.31. The molecule has 92 valence electrons. The molecule has 1 atom stereocenters. The molecule has 0 saturated carbocycles. The van der Waals surface area contributed by atoms with E-state index in [4.69, 9.17) is 5.11 Å². The first-order chi connectivity index (χ1) is 7.17. The summed E-state index contributed by atoms with van der Waals surface area (Å²) >= 11 is 0. The molecule has 0 aromatic heterocycles. The normalized spacial score (nSPS) is 25.9. The highest BCUT2D eigenvalue weighted by Crippen LogP contribution is 2.32. The van der Waals surface area contributed by atoms with Gasteiger partial charge in [-0.1, -0.05) is 0 Å². The minimum Gasteiger partial charge on any atom is -0.480 e. The third kappa shape index (κ3) is 2.45. The summed E-state index contributed by atoms with van der Waals surface area (Å²) in [5.41, 5.74) is -1.50. The fourth-order valence-corrected chi connectivity index (χ4v) is 1.85. The van der Waals surface area contributed by atoms with Gasteiger partial charge in [-0.15, -0.1) is 0 Å². The van der Waals surface area contributed by atoms with Gasteiger partial charge in [0, 0.05) is 6.54 Å². The molecular formula is C9H12F3NO3. The molecule has 1 saturated heterocycles. The maximum absolute atomic E-state index is 12.0. The average molecular weight is 239 g/mol. The summed E-state index contributed by atoms with van der Waals surface area (Å²) in [6.45, 7) is 1.34. The van der Waals surface area contributed by atoms with Crippen LogP contribution in [0.25, 0.3) is 0 Å². The molecule has 1 aliphatic heterocycles. The van der Waals surface area contributed by atoms with Crippen molar-refractivity contribution in [1.82, 2.24) is 4.90 Å². The summed E-state index contributed by atoms with van der Waals surface area (Å²) in [5.74, 6) is -2.43. The molecule has 4 nitrogen and oxygen atoms in total. The Morgan fingerprint density at radius 3 is 2.44 bits per heavy atom. The van der Waals surface area contributed by atoms with E-state index in [9.17, 15) is 22.8 Å². The van der Waals surface area contributed by atoms with Crippen LogP contribution >= 0.6 is 0 Å². The topological polar surface area (TPSA) is 57.6 Å². The third-order valence-electron chi connectivity index (χ3n) is 2.75. The molecule has 1 amide bonds. The summed E-state index contributed by atoms with van der Waals surface area (Å²) in [6.07, 6.45) is -5.60. The number of alkyl halides is 3. The van der Waals surface area contributed by atoms with Gasteiger partial charge in [0.25, 0.3) is 0 Å². The van der Waals surface area contributed by atoms with Gasteiger partial charge in [0.1, 0.15) is 12.0 Å². The van der Waals surface area contributed by atoms with E-state index in [1.165, 1.54) is 6.92 Å². The Bertz CT molecular complexity index is 316. The van der Waals surface area contributed by atoms with Gasteiger partial charge in [-0.05, 0) is 19.8 Å². The quantitative estimate of drug-likeness (QED) is 0.792. The molecule has 16 heavy (non-hydrogen) atoms. The second kappa shape index (κ2) is 3.95. The van der Waals surface area contributed by atoms with E-state index in [0.717, 1.165) is 4.90 Å². The van der Waals surface area contributed by atoms with E-state index < -0.39 is 30.0 Å². The number of hydrogen-bond acceptors (Lipinski definition) is 2. The highest BCUT2D eigenvalue weighted by atomic mass is 19.4. The van der Waals surface area contributed by atoms with Gasteiger partial charge in [0.15, 0.2) is 0 Å². The first-order valence-electron chi connectivity index (χ1n) is 4.77. The van der Waals surface area contributed by atoms with Crippen LogP contribution in [-0.4, -0.2) is 40.1 Å². The Labute approximate surface area is 90.0 Å².